The predicted molar refractivity (Wildman–Crippen MR) is 135 cm³/mol. The Labute approximate surface area is 212 Å². The van der Waals surface area contributed by atoms with Crippen molar-refractivity contribution >= 4 is 17.3 Å². The Morgan fingerprint density at radius 1 is 0.703 bits per heavy atom. The molecule has 0 aliphatic heterocycles. The zero-order chi connectivity index (χ0) is 25.9. The van der Waals surface area contributed by atoms with Gasteiger partial charge in [-0.25, -0.2) is 9.97 Å². The van der Waals surface area contributed by atoms with Crippen molar-refractivity contribution in [2.45, 2.75) is 0 Å². The maximum atomic E-state index is 13.5. The van der Waals surface area contributed by atoms with E-state index in [4.69, 9.17) is 14.2 Å². The van der Waals surface area contributed by atoms with Crippen LogP contribution in [0.2, 0.25) is 0 Å². The number of anilines is 1. The Morgan fingerprint density at radius 2 is 1.27 bits per heavy atom. The molecule has 0 spiro atoms. The topological polar surface area (TPSA) is 125 Å². The highest BCUT2D eigenvalue weighted by Crippen LogP contribution is 2.40. The molecule has 3 aromatic heterocycles. The van der Waals surface area contributed by atoms with Crippen LogP contribution in [0.25, 0.3) is 22.8 Å². The third kappa shape index (κ3) is 4.36. The Hall–Kier alpha value is -5.12. The Balaban J connectivity index is 1.60. The molecule has 10 nitrogen and oxygen atoms in total. The van der Waals surface area contributed by atoms with Crippen LogP contribution in [0.1, 0.15) is 21.0 Å². The van der Waals surface area contributed by atoms with E-state index in [1.165, 1.54) is 27.4 Å². The summed E-state index contributed by atoms with van der Waals surface area (Å²) in [7, 11) is 4.47. The highest BCUT2D eigenvalue weighted by Gasteiger charge is 2.32. The number of aromatic nitrogens is 4. The van der Waals surface area contributed by atoms with E-state index in [2.05, 4.69) is 25.3 Å². The van der Waals surface area contributed by atoms with Crippen molar-refractivity contribution in [1.82, 2.24) is 19.9 Å². The van der Waals surface area contributed by atoms with Gasteiger partial charge in [0.1, 0.15) is 22.8 Å². The molecule has 0 amide bonds. The van der Waals surface area contributed by atoms with Crippen molar-refractivity contribution in [1.29, 1.82) is 0 Å². The molecular formula is C27H21N5O5. The number of carbonyl (C=O) groups excluding carboxylic acids is 2. The quantitative estimate of drug-likeness (QED) is 0.402. The number of fused-ring (bicyclic) bond motifs is 1. The van der Waals surface area contributed by atoms with E-state index >= 15 is 0 Å². The zero-order valence-corrected chi connectivity index (χ0v) is 20.2. The van der Waals surface area contributed by atoms with Crippen molar-refractivity contribution in [3.8, 4) is 40.0 Å². The molecule has 5 rings (SSSR count). The molecule has 4 aromatic rings. The standard InChI is InChI=1S/C27H21N5O5/c1-35-20-12-15(13-21(36-2)27(20)37-3)30-18-14-19(33)24-25(26(18)34)32-23(17-9-5-7-11-29-17)22(31-24)16-8-4-6-10-28-16/h4-14,30H,1-3H3. The van der Waals surface area contributed by atoms with Crippen LogP contribution >= 0.6 is 0 Å². The number of nitrogens with one attached hydrogen (secondary N) is 1. The number of benzene rings is 1. The minimum Gasteiger partial charge on any atom is -0.493 e. The molecule has 0 radical (unpaired) electrons. The second-order valence-corrected chi connectivity index (χ2v) is 7.84. The minimum atomic E-state index is -0.499. The number of nitrogens with zero attached hydrogens (tertiary/aromatic N) is 4. The molecule has 1 aliphatic rings. The monoisotopic (exact) mass is 495 g/mol. The van der Waals surface area contributed by atoms with E-state index in [-0.39, 0.29) is 17.1 Å². The highest BCUT2D eigenvalue weighted by molar-refractivity contribution is 6.24. The molecule has 0 bridgehead atoms. The summed E-state index contributed by atoms with van der Waals surface area (Å²) in [5.41, 5.74) is 2.04. The van der Waals surface area contributed by atoms with Gasteiger partial charge >= 0.3 is 0 Å². The summed E-state index contributed by atoms with van der Waals surface area (Å²) in [6, 6.07) is 13.9. The number of hydrogen-bond acceptors (Lipinski definition) is 10. The van der Waals surface area contributed by atoms with Crippen LogP contribution in [0.15, 0.2) is 72.7 Å². The largest absolute Gasteiger partial charge is 0.493 e. The molecule has 0 saturated heterocycles. The summed E-state index contributed by atoms with van der Waals surface area (Å²) in [5.74, 6) is 0.200. The minimum absolute atomic E-state index is 0.0265. The second-order valence-electron chi connectivity index (χ2n) is 7.84. The third-order valence-corrected chi connectivity index (χ3v) is 5.62. The van der Waals surface area contributed by atoms with Gasteiger partial charge in [0.15, 0.2) is 11.5 Å². The van der Waals surface area contributed by atoms with E-state index in [1.807, 2.05) is 0 Å². The first-order chi connectivity index (χ1) is 18.0. The lowest BCUT2D eigenvalue weighted by Gasteiger charge is -2.19. The molecule has 1 aliphatic carbocycles. The summed E-state index contributed by atoms with van der Waals surface area (Å²) in [6.07, 6.45) is 4.43. The van der Waals surface area contributed by atoms with Gasteiger partial charge in [-0.2, -0.15) is 0 Å². The van der Waals surface area contributed by atoms with Crippen LogP contribution in [0.4, 0.5) is 5.69 Å². The van der Waals surface area contributed by atoms with Gasteiger partial charge in [0.25, 0.3) is 0 Å². The summed E-state index contributed by atoms with van der Waals surface area (Å²) in [6.45, 7) is 0. The highest BCUT2D eigenvalue weighted by atomic mass is 16.5. The SMILES string of the molecule is COc1cc(NC2=CC(=O)c3nc(-c4ccccn4)c(-c4ccccn4)nc3C2=O)cc(OC)c1OC. The van der Waals surface area contributed by atoms with Gasteiger partial charge in [0, 0.05) is 36.3 Å². The van der Waals surface area contributed by atoms with Crippen LogP contribution in [0.3, 0.4) is 0 Å². The van der Waals surface area contributed by atoms with Gasteiger partial charge in [0.05, 0.1) is 38.4 Å². The van der Waals surface area contributed by atoms with E-state index < -0.39 is 11.6 Å². The molecule has 10 heteroatoms. The lowest BCUT2D eigenvalue weighted by Crippen LogP contribution is -2.25. The fourth-order valence-corrected chi connectivity index (χ4v) is 3.92. The zero-order valence-electron chi connectivity index (χ0n) is 20.2. The van der Waals surface area contributed by atoms with E-state index in [9.17, 15) is 9.59 Å². The Morgan fingerprint density at radius 3 is 1.76 bits per heavy atom. The first-order valence-electron chi connectivity index (χ1n) is 11.2. The van der Waals surface area contributed by atoms with Crippen LogP contribution in [-0.2, 0) is 0 Å². The van der Waals surface area contributed by atoms with Crippen LogP contribution in [0, 0.1) is 0 Å². The van der Waals surface area contributed by atoms with Gasteiger partial charge in [-0.3, -0.25) is 19.6 Å². The number of Topliss-reactive ketones (excluding diaryl/α,β-unsaturated/α-hetero) is 1. The molecule has 1 aromatic carbocycles. The fraction of sp³-hybridized carbons (Fsp3) is 0.111. The van der Waals surface area contributed by atoms with Gasteiger partial charge in [-0.05, 0) is 24.3 Å². The number of methoxy groups -OCH3 is 3. The predicted octanol–water partition coefficient (Wildman–Crippen LogP) is 4.00. The Bertz CT molecular complexity index is 1510. The lowest BCUT2D eigenvalue weighted by atomic mass is 9.99. The number of ketones is 2. The lowest BCUT2D eigenvalue weighted by molar-refractivity contribution is 0.0978. The number of pyridine rings is 2. The van der Waals surface area contributed by atoms with Gasteiger partial charge in [-0.15, -0.1) is 0 Å². The van der Waals surface area contributed by atoms with Crippen molar-refractivity contribution < 1.29 is 23.8 Å². The molecular weight excluding hydrogens is 474 g/mol. The van der Waals surface area contributed by atoms with Gasteiger partial charge in [0.2, 0.25) is 17.3 Å². The summed E-state index contributed by atoms with van der Waals surface area (Å²) < 4.78 is 16.1. The molecule has 37 heavy (non-hydrogen) atoms. The van der Waals surface area contributed by atoms with E-state index in [1.54, 1.807) is 60.9 Å². The molecule has 0 fully saturated rings. The average Bonchev–Trinajstić information content (AvgIpc) is 2.95. The summed E-state index contributed by atoms with van der Waals surface area (Å²) >= 11 is 0. The van der Waals surface area contributed by atoms with Gasteiger partial charge < -0.3 is 19.5 Å². The fourth-order valence-electron chi connectivity index (χ4n) is 3.92. The first kappa shape index (κ1) is 23.6. The molecule has 3 heterocycles. The molecule has 1 N–H and O–H groups in total. The Kier molecular flexibility index (Phi) is 6.29. The molecule has 184 valence electrons. The average molecular weight is 495 g/mol. The third-order valence-electron chi connectivity index (χ3n) is 5.62. The van der Waals surface area contributed by atoms with Crippen molar-refractivity contribution in [3.05, 3.63) is 84.1 Å². The van der Waals surface area contributed by atoms with Crippen molar-refractivity contribution in [2.24, 2.45) is 0 Å². The number of rotatable bonds is 7. The maximum Gasteiger partial charge on any atom is 0.230 e. The molecule has 0 saturated carbocycles. The van der Waals surface area contributed by atoms with Crippen LogP contribution in [0.5, 0.6) is 17.2 Å². The number of ether oxygens (including phenoxy) is 3. The van der Waals surface area contributed by atoms with Gasteiger partial charge in [-0.1, -0.05) is 12.1 Å². The number of carbonyl (C=O) groups is 2. The second kappa shape index (κ2) is 9.86. The van der Waals surface area contributed by atoms with Crippen molar-refractivity contribution in [3.63, 3.8) is 0 Å². The summed E-state index contributed by atoms with van der Waals surface area (Å²) in [4.78, 5) is 44.5. The van der Waals surface area contributed by atoms with E-state index in [0.717, 1.165) is 0 Å². The maximum absolute atomic E-state index is 13.5. The smallest absolute Gasteiger partial charge is 0.230 e. The van der Waals surface area contributed by atoms with Crippen LogP contribution < -0.4 is 19.5 Å². The summed E-state index contributed by atoms with van der Waals surface area (Å²) in [5, 5.41) is 2.99. The number of allylic oxidation sites excluding steroid dienone is 2. The van der Waals surface area contributed by atoms with Crippen molar-refractivity contribution in [2.75, 3.05) is 26.6 Å². The normalized spacial score (nSPS) is 12.5. The van der Waals surface area contributed by atoms with E-state index in [0.29, 0.717) is 45.7 Å². The molecule has 0 unspecified atom stereocenters. The van der Waals surface area contributed by atoms with Crippen LogP contribution in [-0.4, -0.2) is 52.8 Å². The first-order valence-corrected chi connectivity index (χ1v) is 11.2. The molecule has 0 atom stereocenters. The number of hydrogen-bond donors (Lipinski definition) is 1.